The SMILES string of the molecule is CNC(Cc1cccnc1)CC1CCOc2ccccc21. The molecule has 110 valence electrons. The average Bonchev–Trinajstić information content (AvgIpc) is 2.55. The van der Waals surface area contributed by atoms with Crippen LogP contribution in [0.25, 0.3) is 0 Å². The molecule has 0 bridgehead atoms. The first-order chi connectivity index (χ1) is 10.4. The van der Waals surface area contributed by atoms with E-state index in [0.717, 1.165) is 31.6 Å². The van der Waals surface area contributed by atoms with Crippen LogP contribution in [0.1, 0.15) is 29.9 Å². The number of benzene rings is 1. The zero-order valence-corrected chi connectivity index (χ0v) is 12.5. The Morgan fingerprint density at radius 1 is 1.29 bits per heavy atom. The van der Waals surface area contributed by atoms with E-state index in [-0.39, 0.29) is 0 Å². The number of rotatable bonds is 5. The topological polar surface area (TPSA) is 34.2 Å². The maximum absolute atomic E-state index is 5.76. The van der Waals surface area contributed by atoms with E-state index in [1.807, 2.05) is 31.6 Å². The Kier molecular flexibility index (Phi) is 4.51. The molecule has 1 aromatic heterocycles. The highest BCUT2D eigenvalue weighted by Gasteiger charge is 2.23. The smallest absolute Gasteiger partial charge is 0.122 e. The van der Waals surface area contributed by atoms with Crippen LogP contribution in [-0.2, 0) is 6.42 Å². The van der Waals surface area contributed by atoms with Crippen LogP contribution in [0.2, 0.25) is 0 Å². The molecule has 0 fully saturated rings. The second-order valence-electron chi connectivity index (χ2n) is 5.66. The molecule has 0 saturated carbocycles. The number of nitrogens with zero attached hydrogens (tertiary/aromatic N) is 1. The maximum Gasteiger partial charge on any atom is 0.122 e. The van der Waals surface area contributed by atoms with Crippen molar-refractivity contribution < 1.29 is 4.74 Å². The van der Waals surface area contributed by atoms with E-state index in [0.29, 0.717) is 12.0 Å². The number of ether oxygens (including phenoxy) is 1. The minimum Gasteiger partial charge on any atom is -0.493 e. The van der Waals surface area contributed by atoms with E-state index in [1.165, 1.54) is 11.1 Å². The summed E-state index contributed by atoms with van der Waals surface area (Å²) in [4.78, 5) is 4.21. The quantitative estimate of drug-likeness (QED) is 0.914. The first-order valence-electron chi connectivity index (χ1n) is 7.64. The summed E-state index contributed by atoms with van der Waals surface area (Å²) in [6.07, 6.45) is 7.03. The van der Waals surface area contributed by atoms with Gasteiger partial charge in [0, 0.05) is 18.4 Å². The molecule has 1 N–H and O–H groups in total. The third-order valence-corrected chi connectivity index (χ3v) is 4.26. The minimum atomic E-state index is 0.463. The summed E-state index contributed by atoms with van der Waals surface area (Å²) in [5.74, 6) is 1.63. The van der Waals surface area contributed by atoms with E-state index in [1.54, 1.807) is 0 Å². The van der Waals surface area contributed by atoms with Gasteiger partial charge in [0.25, 0.3) is 0 Å². The molecule has 2 aromatic rings. The lowest BCUT2D eigenvalue weighted by molar-refractivity contribution is 0.256. The first-order valence-corrected chi connectivity index (χ1v) is 7.64. The van der Waals surface area contributed by atoms with Gasteiger partial charge in [-0.1, -0.05) is 24.3 Å². The molecule has 2 heterocycles. The third-order valence-electron chi connectivity index (χ3n) is 4.26. The fourth-order valence-corrected chi connectivity index (χ4v) is 3.11. The van der Waals surface area contributed by atoms with Gasteiger partial charge in [-0.25, -0.2) is 0 Å². The van der Waals surface area contributed by atoms with Gasteiger partial charge in [0.15, 0.2) is 0 Å². The standard InChI is InChI=1S/C18H22N2O/c1-19-16(11-14-5-4-9-20-13-14)12-15-8-10-21-18-7-3-2-6-17(15)18/h2-7,9,13,15-16,19H,8,10-12H2,1H3. The Bertz CT molecular complexity index is 570. The molecule has 1 aliphatic heterocycles. The van der Waals surface area contributed by atoms with E-state index in [2.05, 4.69) is 34.6 Å². The molecular formula is C18H22N2O. The Morgan fingerprint density at radius 3 is 3.00 bits per heavy atom. The normalized spacial score (nSPS) is 18.6. The fourth-order valence-electron chi connectivity index (χ4n) is 3.11. The molecule has 3 rings (SSSR count). The van der Waals surface area contributed by atoms with Crippen LogP contribution in [0.5, 0.6) is 5.75 Å². The Balaban J connectivity index is 1.70. The van der Waals surface area contributed by atoms with Crippen LogP contribution < -0.4 is 10.1 Å². The van der Waals surface area contributed by atoms with Crippen molar-refractivity contribution in [3.8, 4) is 5.75 Å². The largest absolute Gasteiger partial charge is 0.493 e. The highest BCUT2D eigenvalue weighted by atomic mass is 16.5. The summed E-state index contributed by atoms with van der Waals surface area (Å²) in [5.41, 5.74) is 2.65. The lowest BCUT2D eigenvalue weighted by Gasteiger charge is -2.29. The van der Waals surface area contributed by atoms with Gasteiger partial charge >= 0.3 is 0 Å². The van der Waals surface area contributed by atoms with E-state index in [4.69, 9.17) is 4.74 Å². The molecule has 0 aliphatic carbocycles. The molecule has 21 heavy (non-hydrogen) atoms. The van der Waals surface area contributed by atoms with E-state index < -0.39 is 0 Å². The molecule has 0 spiro atoms. The van der Waals surface area contributed by atoms with Crippen LogP contribution in [0.4, 0.5) is 0 Å². The van der Waals surface area contributed by atoms with Crippen LogP contribution in [0, 0.1) is 0 Å². The molecule has 0 saturated heterocycles. The summed E-state index contributed by atoms with van der Waals surface area (Å²) in [5, 5.41) is 3.46. The predicted molar refractivity (Wildman–Crippen MR) is 84.7 cm³/mol. The van der Waals surface area contributed by atoms with Crippen molar-refractivity contribution in [3.63, 3.8) is 0 Å². The number of aromatic nitrogens is 1. The number of hydrogen-bond donors (Lipinski definition) is 1. The molecule has 2 atom stereocenters. The Morgan fingerprint density at radius 2 is 2.19 bits per heavy atom. The average molecular weight is 282 g/mol. The Labute approximate surface area is 126 Å². The number of para-hydroxylation sites is 1. The molecular weight excluding hydrogens is 260 g/mol. The third kappa shape index (κ3) is 3.42. The first kappa shape index (κ1) is 14.1. The van der Waals surface area contributed by atoms with Gasteiger partial charge in [-0.2, -0.15) is 0 Å². The van der Waals surface area contributed by atoms with Crippen molar-refractivity contribution in [1.82, 2.24) is 10.3 Å². The van der Waals surface area contributed by atoms with Crippen molar-refractivity contribution in [2.75, 3.05) is 13.7 Å². The molecule has 0 amide bonds. The Hall–Kier alpha value is -1.87. The van der Waals surface area contributed by atoms with E-state index in [9.17, 15) is 0 Å². The number of pyridine rings is 1. The van der Waals surface area contributed by atoms with Crippen LogP contribution >= 0.6 is 0 Å². The number of nitrogens with one attached hydrogen (secondary N) is 1. The van der Waals surface area contributed by atoms with Gasteiger partial charge in [-0.3, -0.25) is 4.98 Å². The predicted octanol–water partition coefficient (Wildman–Crippen LogP) is 3.17. The number of likely N-dealkylation sites (N-methyl/N-ethyl adjacent to an activating group) is 1. The monoisotopic (exact) mass is 282 g/mol. The summed E-state index contributed by atoms with van der Waals surface area (Å²) >= 11 is 0. The highest BCUT2D eigenvalue weighted by molar-refractivity contribution is 5.37. The van der Waals surface area contributed by atoms with Crippen molar-refractivity contribution in [2.45, 2.75) is 31.2 Å². The molecule has 3 nitrogen and oxygen atoms in total. The zero-order valence-electron chi connectivity index (χ0n) is 12.5. The molecule has 1 aliphatic rings. The van der Waals surface area contributed by atoms with Crippen LogP contribution in [-0.4, -0.2) is 24.7 Å². The second kappa shape index (κ2) is 6.72. The van der Waals surface area contributed by atoms with Gasteiger partial charge in [-0.05, 0) is 55.5 Å². The van der Waals surface area contributed by atoms with Gasteiger partial charge in [0.05, 0.1) is 6.61 Å². The minimum absolute atomic E-state index is 0.463. The van der Waals surface area contributed by atoms with Crippen molar-refractivity contribution in [3.05, 3.63) is 59.9 Å². The van der Waals surface area contributed by atoms with Crippen LogP contribution in [0.3, 0.4) is 0 Å². The molecule has 1 aromatic carbocycles. The van der Waals surface area contributed by atoms with Gasteiger partial charge < -0.3 is 10.1 Å². The number of hydrogen-bond acceptors (Lipinski definition) is 3. The summed E-state index contributed by atoms with van der Waals surface area (Å²) in [7, 11) is 2.05. The second-order valence-corrected chi connectivity index (χ2v) is 5.66. The number of fused-ring (bicyclic) bond motifs is 1. The van der Waals surface area contributed by atoms with Crippen molar-refractivity contribution in [1.29, 1.82) is 0 Å². The highest BCUT2D eigenvalue weighted by Crippen LogP contribution is 2.36. The van der Waals surface area contributed by atoms with Crippen molar-refractivity contribution in [2.24, 2.45) is 0 Å². The van der Waals surface area contributed by atoms with Gasteiger partial charge in [-0.15, -0.1) is 0 Å². The molecule has 2 unspecified atom stereocenters. The lowest BCUT2D eigenvalue weighted by Crippen LogP contribution is -2.31. The van der Waals surface area contributed by atoms with E-state index >= 15 is 0 Å². The maximum atomic E-state index is 5.76. The summed E-state index contributed by atoms with van der Waals surface area (Å²) in [6.45, 7) is 0.824. The summed E-state index contributed by atoms with van der Waals surface area (Å²) < 4.78 is 5.76. The molecule has 0 radical (unpaired) electrons. The lowest BCUT2D eigenvalue weighted by atomic mass is 9.86. The fraction of sp³-hybridized carbons (Fsp3) is 0.389. The van der Waals surface area contributed by atoms with Crippen LogP contribution in [0.15, 0.2) is 48.8 Å². The van der Waals surface area contributed by atoms with Gasteiger partial charge in [0.1, 0.15) is 5.75 Å². The zero-order chi connectivity index (χ0) is 14.5. The van der Waals surface area contributed by atoms with Gasteiger partial charge in [0.2, 0.25) is 0 Å². The van der Waals surface area contributed by atoms with Crippen molar-refractivity contribution >= 4 is 0 Å². The summed E-state index contributed by atoms with van der Waals surface area (Å²) in [6, 6.07) is 13.1. The molecule has 3 heteroatoms.